The molecule has 0 aromatic heterocycles. The van der Waals surface area contributed by atoms with Crippen molar-refractivity contribution in [3.63, 3.8) is 0 Å². The van der Waals surface area contributed by atoms with Gasteiger partial charge in [-0.3, -0.25) is 0 Å². The first-order chi connectivity index (χ1) is 4.63. The number of benzene rings is 1. The lowest BCUT2D eigenvalue weighted by Crippen LogP contribution is -1.82. The maximum Gasteiger partial charge on any atom is 0.188 e. The molecule has 1 nitrogen and oxygen atoms in total. The maximum atomic E-state index is 12.5. The molecule has 0 saturated heterocycles. The molecule has 0 aliphatic rings. The van der Waals surface area contributed by atoms with Crippen molar-refractivity contribution < 1.29 is 13.9 Å². The van der Waals surface area contributed by atoms with Gasteiger partial charge in [0, 0.05) is 0 Å². The topological polar surface area (TPSA) is 20.2 Å². The summed E-state index contributed by atoms with van der Waals surface area (Å²) in [6.07, 6.45) is 0. The molecule has 1 rings (SSSR count). The molecule has 10 heavy (non-hydrogen) atoms. The molecule has 0 unspecified atom stereocenters. The number of aromatic hydroxyl groups is 1. The second-order valence-electron chi connectivity index (χ2n) is 1.69. The van der Waals surface area contributed by atoms with Gasteiger partial charge in [0.25, 0.3) is 0 Å². The summed E-state index contributed by atoms with van der Waals surface area (Å²) in [6.45, 7) is 0. The van der Waals surface area contributed by atoms with Gasteiger partial charge in [-0.25, -0.2) is 8.78 Å². The van der Waals surface area contributed by atoms with Gasteiger partial charge < -0.3 is 5.11 Å². The number of phenolic OH excluding ortho intramolecular Hbond substituents is 1. The molecule has 54 valence electrons. The minimum Gasteiger partial charge on any atom is -0.503 e. The summed E-state index contributed by atoms with van der Waals surface area (Å²) >= 11 is 2.78. The van der Waals surface area contributed by atoms with E-state index < -0.39 is 17.4 Å². The Labute approximate surface area is 64.4 Å². The van der Waals surface area contributed by atoms with E-state index in [1.54, 1.807) is 0 Å². The molecule has 0 atom stereocenters. The normalized spacial score (nSPS) is 9.90. The van der Waals surface area contributed by atoms with Crippen molar-refractivity contribution in [3.8, 4) is 5.75 Å². The fourth-order valence-electron chi connectivity index (χ4n) is 0.516. The van der Waals surface area contributed by atoms with E-state index in [1.807, 2.05) is 0 Å². The van der Waals surface area contributed by atoms with Crippen LogP contribution in [0.25, 0.3) is 0 Å². The van der Waals surface area contributed by atoms with Crippen molar-refractivity contribution in [2.24, 2.45) is 0 Å². The van der Waals surface area contributed by atoms with Crippen molar-refractivity contribution >= 4 is 15.9 Å². The first-order valence-electron chi connectivity index (χ1n) is 2.45. The monoisotopic (exact) mass is 208 g/mol. The Bertz CT molecular complexity index is 235. The van der Waals surface area contributed by atoms with E-state index in [0.717, 1.165) is 6.07 Å². The highest BCUT2D eigenvalue weighted by Gasteiger charge is 2.09. The van der Waals surface area contributed by atoms with E-state index in [9.17, 15) is 8.78 Å². The molecule has 4 heteroatoms. The fraction of sp³-hybridized carbons (Fsp3) is 0. The third-order valence-corrected chi connectivity index (χ3v) is 1.63. The zero-order valence-electron chi connectivity index (χ0n) is 4.74. The Morgan fingerprint density at radius 2 is 1.90 bits per heavy atom. The molecule has 0 amide bonds. The highest BCUT2D eigenvalue weighted by Crippen LogP contribution is 2.26. The average molecular weight is 209 g/mol. The van der Waals surface area contributed by atoms with Gasteiger partial charge in [0.2, 0.25) is 0 Å². The highest BCUT2D eigenvalue weighted by molar-refractivity contribution is 9.10. The van der Waals surface area contributed by atoms with Gasteiger partial charge >= 0.3 is 0 Å². The summed E-state index contributed by atoms with van der Waals surface area (Å²) in [6, 6.07) is 2.16. The molecule has 1 aromatic carbocycles. The van der Waals surface area contributed by atoms with E-state index in [-0.39, 0.29) is 4.47 Å². The lowest BCUT2D eigenvalue weighted by atomic mass is 10.3. The number of hydrogen-bond donors (Lipinski definition) is 1. The zero-order chi connectivity index (χ0) is 7.72. The fourth-order valence-corrected chi connectivity index (χ4v) is 0.836. The molecule has 0 aliphatic heterocycles. The van der Waals surface area contributed by atoms with Gasteiger partial charge in [0.05, 0.1) is 4.47 Å². The molecule has 0 bridgehead atoms. The molecule has 1 N–H and O–H groups in total. The summed E-state index contributed by atoms with van der Waals surface area (Å²) in [5.74, 6) is -2.88. The van der Waals surface area contributed by atoms with E-state index in [1.165, 1.54) is 6.07 Å². The van der Waals surface area contributed by atoms with Crippen LogP contribution in [0.3, 0.4) is 0 Å². The second kappa shape index (κ2) is 2.54. The minimum absolute atomic E-state index is 0.0476. The Kier molecular flexibility index (Phi) is 1.89. The Hall–Kier alpha value is -0.640. The van der Waals surface area contributed by atoms with Crippen LogP contribution in [0.4, 0.5) is 8.78 Å². The highest BCUT2D eigenvalue weighted by atomic mass is 79.9. The summed E-state index contributed by atoms with van der Waals surface area (Å²) in [7, 11) is 0. The smallest absolute Gasteiger partial charge is 0.188 e. The summed E-state index contributed by atoms with van der Waals surface area (Å²) in [5.41, 5.74) is 0. The summed E-state index contributed by atoms with van der Waals surface area (Å²) < 4.78 is 24.8. The van der Waals surface area contributed by atoms with Gasteiger partial charge in [-0.05, 0) is 28.1 Å². The molecular weight excluding hydrogens is 206 g/mol. The Balaban J connectivity index is 3.34. The lowest BCUT2D eigenvalue weighted by Gasteiger charge is -1.97. The molecule has 0 fully saturated rings. The van der Waals surface area contributed by atoms with Crippen LogP contribution >= 0.6 is 15.9 Å². The zero-order valence-corrected chi connectivity index (χ0v) is 6.32. The van der Waals surface area contributed by atoms with Crippen LogP contribution in [-0.2, 0) is 0 Å². The van der Waals surface area contributed by atoms with Crippen LogP contribution in [0.15, 0.2) is 16.6 Å². The van der Waals surface area contributed by atoms with Crippen molar-refractivity contribution in [1.82, 2.24) is 0 Å². The van der Waals surface area contributed by atoms with E-state index in [2.05, 4.69) is 15.9 Å². The quantitative estimate of drug-likeness (QED) is 0.650. The van der Waals surface area contributed by atoms with Crippen LogP contribution in [0.1, 0.15) is 0 Å². The molecular formula is C6H3BrF2O. The lowest BCUT2D eigenvalue weighted by molar-refractivity contribution is 0.394. The third kappa shape index (κ3) is 1.11. The number of rotatable bonds is 0. The largest absolute Gasteiger partial charge is 0.503 e. The number of hydrogen-bond acceptors (Lipinski definition) is 1. The van der Waals surface area contributed by atoms with Gasteiger partial charge in [-0.2, -0.15) is 0 Å². The van der Waals surface area contributed by atoms with Crippen molar-refractivity contribution in [3.05, 3.63) is 28.2 Å². The first kappa shape index (κ1) is 7.47. The van der Waals surface area contributed by atoms with Crippen LogP contribution in [0.2, 0.25) is 0 Å². The first-order valence-corrected chi connectivity index (χ1v) is 3.24. The Morgan fingerprint density at radius 1 is 1.30 bits per heavy atom. The molecule has 0 radical (unpaired) electrons. The minimum atomic E-state index is -0.972. The van der Waals surface area contributed by atoms with Crippen molar-refractivity contribution in [1.29, 1.82) is 0 Å². The third-order valence-electron chi connectivity index (χ3n) is 1.02. The maximum absolute atomic E-state index is 12.5. The number of halogens is 3. The predicted molar refractivity (Wildman–Crippen MR) is 35.7 cm³/mol. The molecule has 0 saturated carbocycles. The van der Waals surface area contributed by atoms with Crippen LogP contribution < -0.4 is 0 Å². The molecule has 1 aromatic rings. The van der Waals surface area contributed by atoms with Crippen LogP contribution in [-0.4, -0.2) is 5.11 Å². The SMILES string of the molecule is Oc1c(F)ccc(Br)c1F. The molecule has 0 spiro atoms. The Morgan fingerprint density at radius 3 is 2.40 bits per heavy atom. The van der Waals surface area contributed by atoms with E-state index >= 15 is 0 Å². The van der Waals surface area contributed by atoms with Gasteiger partial charge in [0.1, 0.15) is 0 Å². The van der Waals surface area contributed by atoms with Gasteiger partial charge in [-0.1, -0.05) is 0 Å². The standard InChI is InChI=1S/C6H3BrF2O/c7-3-1-2-4(8)6(10)5(3)9/h1-2,10H. The average Bonchev–Trinajstić information content (AvgIpc) is 1.93. The predicted octanol–water partition coefficient (Wildman–Crippen LogP) is 2.43. The summed E-state index contributed by atoms with van der Waals surface area (Å²) in [5, 5.41) is 8.61. The summed E-state index contributed by atoms with van der Waals surface area (Å²) in [4.78, 5) is 0. The van der Waals surface area contributed by atoms with Crippen molar-refractivity contribution in [2.45, 2.75) is 0 Å². The van der Waals surface area contributed by atoms with Gasteiger partial charge in [-0.15, -0.1) is 0 Å². The van der Waals surface area contributed by atoms with Crippen molar-refractivity contribution in [2.75, 3.05) is 0 Å². The molecule has 0 heterocycles. The second-order valence-corrected chi connectivity index (χ2v) is 2.55. The van der Waals surface area contributed by atoms with E-state index in [0.29, 0.717) is 0 Å². The van der Waals surface area contributed by atoms with Gasteiger partial charge in [0.15, 0.2) is 17.4 Å². The number of phenols is 1. The van der Waals surface area contributed by atoms with Crippen LogP contribution in [0.5, 0.6) is 5.75 Å². The van der Waals surface area contributed by atoms with Crippen LogP contribution in [0, 0.1) is 11.6 Å². The van der Waals surface area contributed by atoms with E-state index in [4.69, 9.17) is 5.11 Å². The molecule has 0 aliphatic carbocycles.